The Morgan fingerprint density at radius 2 is 1.68 bits per heavy atom. The zero-order chi connectivity index (χ0) is 28.9. The van der Waals surface area contributed by atoms with E-state index < -0.39 is 6.10 Å². The van der Waals surface area contributed by atoms with E-state index in [4.69, 9.17) is 9.47 Å². The standard InChI is InChI=1S/C29H54N4O5/c1-12-18(6)26(32(9)24(35)15-31-29(36)25(30-8)16(2)3)22(37-10)14-23(34)33-21(28(38-11)17(4)5)13-20-19(7)27(20)33/h16-22,25-28,30H,12-15H2,1-11H3,(H,31,36). The molecule has 0 bridgehead atoms. The molecule has 0 aromatic heterocycles. The van der Waals surface area contributed by atoms with Crippen molar-refractivity contribution >= 4 is 17.7 Å². The molecule has 2 fully saturated rings. The van der Waals surface area contributed by atoms with Gasteiger partial charge in [-0.25, -0.2) is 0 Å². The summed E-state index contributed by atoms with van der Waals surface area (Å²) < 4.78 is 11.8. The highest BCUT2D eigenvalue weighted by Crippen LogP contribution is 2.54. The molecule has 2 rings (SSSR count). The fourth-order valence-corrected chi connectivity index (χ4v) is 6.66. The second-order valence-corrected chi connectivity index (χ2v) is 12.1. The van der Waals surface area contributed by atoms with Crippen molar-refractivity contribution in [2.75, 3.05) is 34.9 Å². The predicted molar refractivity (Wildman–Crippen MR) is 149 cm³/mol. The summed E-state index contributed by atoms with van der Waals surface area (Å²) in [5.41, 5.74) is 0. The van der Waals surface area contributed by atoms with E-state index in [-0.39, 0.29) is 72.8 Å². The van der Waals surface area contributed by atoms with Gasteiger partial charge in [-0.2, -0.15) is 0 Å². The first-order valence-electron chi connectivity index (χ1n) is 14.4. The average molecular weight is 539 g/mol. The number of methoxy groups -OCH3 is 2. The Labute approximate surface area is 230 Å². The van der Waals surface area contributed by atoms with Crippen molar-refractivity contribution in [3.63, 3.8) is 0 Å². The van der Waals surface area contributed by atoms with E-state index in [1.54, 1.807) is 33.2 Å². The van der Waals surface area contributed by atoms with E-state index >= 15 is 0 Å². The maximum Gasteiger partial charge on any atom is 0.242 e. The van der Waals surface area contributed by atoms with Crippen LogP contribution < -0.4 is 10.6 Å². The number of likely N-dealkylation sites (tertiary alicyclic amines) is 1. The Hall–Kier alpha value is -1.71. The number of rotatable bonds is 15. The van der Waals surface area contributed by atoms with Gasteiger partial charge in [0, 0.05) is 27.3 Å². The molecule has 0 spiro atoms. The van der Waals surface area contributed by atoms with E-state index in [2.05, 4.69) is 50.2 Å². The van der Waals surface area contributed by atoms with Crippen LogP contribution in [0.4, 0.5) is 0 Å². The zero-order valence-electron chi connectivity index (χ0n) is 25.6. The quantitative estimate of drug-likeness (QED) is 0.332. The molecule has 0 radical (unpaired) electrons. The van der Waals surface area contributed by atoms with Crippen LogP contribution in [0.25, 0.3) is 0 Å². The highest BCUT2D eigenvalue weighted by atomic mass is 16.5. The van der Waals surface area contributed by atoms with Crippen LogP contribution in [0.1, 0.15) is 67.7 Å². The molecule has 9 heteroatoms. The normalized spacial score (nSPS) is 26.5. The minimum atomic E-state index is -0.461. The third-order valence-electron chi connectivity index (χ3n) is 9.10. The topological polar surface area (TPSA) is 100 Å². The number of hydrogen-bond donors (Lipinski definition) is 2. The van der Waals surface area contributed by atoms with Gasteiger partial charge in [0.2, 0.25) is 17.7 Å². The predicted octanol–water partition coefficient (Wildman–Crippen LogP) is 2.53. The van der Waals surface area contributed by atoms with Crippen LogP contribution in [0, 0.1) is 29.6 Å². The Morgan fingerprint density at radius 3 is 2.16 bits per heavy atom. The second kappa shape index (κ2) is 14.1. The summed E-state index contributed by atoms with van der Waals surface area (Å²) in [6.07, 6.45) is 1.53. The molecule has 2 N–H and O–H groups in total. The number of nitrogens with one attached hydrogen (secondary N) is 2. The summed E-state index contributed by atoms with van der Waals surface area (Å²) in [5, 5.41) is 5.78. The highest BCUT2D eigenvalue weighted by Gasteiger charge is 2.61. The lowest BCUT2D eigenvalue weighted by Crippen LogP contribution is -2.55. The number of likely N-dealkylation sites (N-methyl/N-ethyl adjacent to an activating group) is 2. The molecule has 38 heavy (non-hydrogen) atoms. The molecule has 1 aliphatic heterocycles. The van der Waals surface area contributed by atoms with Crippen LogP contribution in [0.5, 0.6) is 0 Å². The molecule has 1 saturated heterocycles. The van der Waals surface area contributed by atoms with Gasteiger partial charge in [0.25, 0.3) is 0 Å². The molecule has 9 atom stereocenters. The number of fused-ring (bicyclic) bond motifs is 1. The lowest BCUT2D eigenvalue weighted by atomic mass is 9.90. The first-order chi connectivity index (χ1) is 17.9. The molecule has 1 aliphatic carbocycles. The molecule has 1 heterocycles. The largest absolute Gasteiger partial charge is 0.379 e. The smallest absolute Gasteiger partial charge is 0.242 e. The van der Waals surface area contributed by atoms with Crippen molar-refractivity contribution in [1.82, 2.24) is 20.4 Å². The van der Waals surface area contributed by atoms with Crippen LogP contribution in [0.2, 0.25) is 0 Å². The van der Waals surface area contributed by atoms with E-state index in [1.165, 1.54) is 0 Å². The van der Waals surface area contributed by atoms with Crippen molar-refractivity contribution in [2.45, 2.75) is 104 Å². The summed E-state index contributed by atoms with van der Waals surface area (Å²) in [4.78, 5) is 43.4. The zero-order valence-corrected chi connectivity index (χ0v) is 25.6. The fourth-order valence-electron chi connectivity index (χ4n) is 6.66. The summed E-state index contributed by atoms with van der Waals surface area (Å²) in [6.45, 7) is 14.5. The number of carbonyl (C=O) groups is 3. The van der Waals surface area contributed by atoms with Gasteiger partial charge in [-0.1, -0.05) is 54.9 Å². The van der Waals surface area contributed by atoms with Crippen LogP contribution in [-0.4, -0.2) is 98.8 Å². The summed E-state index contributed by atoms with van der Waals surface area (Å²) in [7, 11) is 6.83. The monoisotopic (exact) mass is 538 g/mol. The van der Waals surface area contributed by atoms with Gasteiger partial charge in [-0.3, -0.25) is 14.4 Å². The van der Waals surface area contributed by atoms with E-state index in [0.29, 0.717) is 17.8 Å². The van der Waals surface area contributed by atoms with Gasteiger partial charge in [0.15, 0.2) is 0 Å². The van der Waals surface area contributed by atoms with Gasteiger partial charge >= 0.3 is 0 Å². The molecule has 0 aromatic rings. The Bertz CT molecular complexity index is 806. The number of piperidine rings is 1. The van der Waals surface area contributed by atoms with E-state index in [9.17, 15) is 14.4 Å². The van der Waals surface area contributed by atoms with Crippen molar-refractivity contribution in [3.05, 3.63) is 0 Å². The fraction of sp³-hybridized carbons (Fsp3) is 0.897. The number of nitrogens with zero attached hydrogens (tertiary/aromatic N) is 2. The third-order valence-corrected chi connectivity index (χ3v) is 9.10. The van der Waals surface area contributed by atoms with E-state index in [0.717, 1.165) is 12.8 Å². The van der Waals surface area contributed by atoms with Gasteiger partial charge in [-0.15, -0.1) is 0 Å². The van der Waals surface area contributed by atoms with Crippen molar-refractivity contribution in [1.29, 1.82) is 0 Å². The first-order valence-corrected chi connectivity index (χ1v) is 14.4. The van der Waals surface area contributed by atoms with Gasteiger partial charge in [0.1, 0.15) is 0 Å². The molecule has 0 aromatic carbocycles. The summed E-state index contributed by atoms with van der Waals surface area (Å²) in [6, 6.07) is -0.347. The lowest BCUT2D eigenvalue weighted by molar-refractivity contribution is -0.145. The number of amides is 3. The molecule has 3 amide bonds. The number of hydrogen-bond acceptors (Lipinski definition) is 6. The molecule has 9 nitrogen and oxygen atoms in total. The number of carbonyl (C=O) groups excluding carboxylic acids is 3. The van der Waals surface area contributed by atoms with Crippen molar-refractivity contribution < 1.29 is 23.9 Å². The SMILES string of the molecule is CCC(C)C(C(CC(=O)N1C(C(OC)C(C)C)CC2C(C)C21)OC)N(C)C(=O)CNC(=O)C(NC)C(C)C. The van der Waals surface area contributed by atoms with Crippen molar-refractivity contribution in [3.8, 4) is 0 Å². The number of ether oxygens (including phenoxy) is 2. The first kappa shape index (κ1) is 32.5. The maximum absolute atomic E-state index is 13.9. The Balaban J connectivity index is 2.17. The minimum Gasteiger partial charge on any atom is -0.379 e. The lowest BCUT2D eigenvalue weighted by Gasteiger charge is -2.40. The van der Waals surface area contributed by atoms with Crippen molar-refractivity contribution in [2.24, 2.45) is 29.6 Å². The highest BCUT2D eigenvalue weighted by molar-refractivity contribution is 5.87. The molecular weight excluding hydrogens is 484 g/mol. The molecule has 1 saturated carbocycles. The van der Waals surface area contributed by atoms with Gasteiger partial charge in [0.05, 0.1) is 43.3 Å². The molecule has 220 valence electrons. The van der Waals surface area contributed by atoms with Gasteiger partial charge < -0.3 is 29.9 Å². The summed E-state index contributed by atoms with van der Waals surface area (Å²) in [5.74, 6) is 1.20. The second-order valence-electron chi connectivity index (χ2n) is 12.1. The van der Waals surface area contributed by atoms with Crippen LogP contribution >= 0.6 is 0 Å². The summed E-state index contributed by atoms with van der Waals surface area (Å²) >= 11 is 0. The Morgan fingerprint density at radius 1 is 1.05 bits per heavy atom. The Kier molecular flexibility index (Phi) is 12.0. The molecule has 9 unspecified atom stereocenters. The maximum atomic E-state index is 13.9. The minimum absolute atomic E-state index is 0.00885. The van der Waals surface area contributed by atoms with Crippen LogP contribution in [-0.2, 0) is 23.9 Å². The van der Waals surface area contributed by atoms with Gasteiger partial charge in [-0.05, 0) is 43.1 Å². The molecular formula is C29H54N4O5. The van der Waals surface area contributed by atoms with E-state index in [1.807, 2.05) is 13.8 Å². The molecule has 2 aliphatic rings. The van der Waals surface area contributed by atoms with Crippen LogP contribution in [0.15, 0.2) is 0 Å². The van der Waals surface area contributed by atoms with Crippen LogP contribution in [0.3, 0.4) is 0 Å². The third kappa shape index (κ3) is 7.07. The average Bonchev–Trinajstić information content (AvgIpc) is 3.30.